The van der Waals surface area contributed by atoms with E-state index in [1.54, 1.807) is 4.90 Å². The van der Waals surface area contributed by atoms with E-state index in [2.05, 4.69) is 9.97 Å². The van der Waals surface area contributed by atoms with Crippen LogP contribution in [-0.4, -0.2) is 40.1 Å². The quantitative estimate of drug-likeness (QED) is 0.320. The molecular weight excluding hydrogens is 336 g/mol. The number of carbonyl (C=O) groups is 1. The maximum atomic E-state index is 12.3. The highest BCUT2D eigenvalue weighted by Gasteiger charge is 2.38. The molecule has 0 aromatic carbocycles. The zero-order chi connectivity index (χ0) is 17.7. The van der Waals surface area contributed by atoms with Crippen molar-refractivity contribution < 1.29 is 14.5 Å². The molecule has 0 unspecified atom stereocenters. The number of esters is 1. The molecule has 0 amide bonds. The van der Waals surface area contributed by atoms with Gasteiger partial charge >= 0.3 is 11.7 Å². The van der Waals surface area contributed by atoms with Crippen molar-refractivity contribution in [3.63, 3.8) is 0 Å². The summed E-state index contributed by atoms with van der Waals surface area (Å²) in [5, 5.41) is 11.3. The summed E-state index contributed by atoms with van der Waals surface area (Å²) < 4.78 is 4.93. The first kappa shape index (κ1) is 18.4. The maximum absolute atomic E-state index is 12.3. The molecule has 1 saturated carbocycles. The van der Waals surface area contributed by atoms with E-state index in [0.717, 1.165) is 38.3 Å². The van der Waals surface area contributed by atoms with Crippen LogP contribution in [-0.2, 0) is 9.53 Å². The average molecular weight is 357 g/mol. The molecule has 0 aliphatic heterocycles. The number of nitro groups is 1. The number of hydrogen-bond acceptors (Lipinski definition) is 7. The molecule has 24 heavy (non-hydrogen) atoms. The number of ether oxygens (including phenoxy) is 1. The largest absolute Gasteiger partial charge is 0.467 e. The number of carbonyl (C=O) groups excluding carboxylic acids is 1. The summed E-state index contributed by atoms with van der Waals surface area (Å²) >= 11 is 5.88. The highest BCUT2D eigenvalue weighted by molar-refractivity contribution is 6.28. The van der Waals surface area contributed by atoms with Crippen molar-refractivity contribution in [2.24, 2.45) is 0 Å². The third-order valence-corrected chi connectivity index (χ3v) is 4.43. The summed E-state index contributed by atoms with van der Waals surface area (Å²) in [6.45, 7) is 1.95. The molecule has 0 saturated heterocycles. The Morgan fingerprint density at radius 2 is 2.21 bits per heavy atom. The second-order valence-corrected chi connectivity index (χ2v) is 6.12. The van der Waals surface area contributed by atoms with Crippen molar-refractivity contribution in [1.82, 2.24) is 9.97 Å². The minimum Gasteiger partial charge on any atom is -0.467 e. The van der Waals surface area contributed by atoms with Gasteiger partial charge in [0.2, 0.25) is 11.1 Å². The van der Waals surface area contributed by atoms with Gasteiger partial charge in [0.15, 0.2) is 0 Å². The minimum absolute atomic E-state index is 0.00897. The first-order valence-corrected chi connectivity index (χ1v) is 8.40. The highest BCUT2D eigenvalue weighted by Crippen LogP contribution is 2.35. The van der Waals surface area contributed by atoms with Gasteiger partial charge in [-0.15, -0.1) is 0 Å². The standard InChI is InChI=1S/C15H21ClN4O4/c1-3-6-11(14(21)24-2)19(10-7-4-5-8-10)13-12(20(22)23)9-17-15(16)18-13/h9-11H,3-8H2,1-2H3/t11-/m1/s1. The number of rotatable bonds is 7. The van der Waals surface area contributed by atoms with Crippen LogP contribution in [0.1, 0.15) is 45.4 Å². The van der Waals surface area contributed by atoms with Crippen molar-refractivity contribution >= 4 is 29.1 Å². The Morgan fingerprint density at radius 1 is 1.54 bits per heavy atom. The van der Waals surface area contributed by atoms with Crippen LogP contribution >= 0.6 is 11.6 Å². The Hall–Kier alpha value is -1.96. The van der Waals surface area contributed by atoms with Gasteiger partial charge in [-0.3, -0.25) is 10.1 Å². The molecule has 1 heterocycles. The number of halogens is 1. The molecule has 0 bridgehead atoms. The summed E-state index contributed by atoms with van der Waals surface area (Å²) in [7, 11) is 1.32. The first-order valence-electron chi connectivity index (χ1n) is 8.02. The predicted octanol–water partition coefficient (Wildman–Crippen LogP) is 3.13. The normalized spacial score (nSPS) is 16.0. The molecule has 9 heteroatoms. The SMILES string of the molecule is CCC[C@H](C(=O)OC)N(c1nc(Cl)ncc1[N+](=O)[O-])C1CCCC1. The van der Waals surface area contributed by atoms with Gasteiger partial charge in [0.05, 0.1) is 12.0 Å². The Kier molecular flexibility index (Phi) is 6.30. The third-order valence-electron chi connectivity index (χ3n) is 4.25. The van der Waals surface area contributed by atoms with Crippen LogP contribution < -0.4 is 4.90 Å². The van der Waals surface area contributed by atoms with E-state index in [-0.39, 0.29) is 22.8 Å². The summed E-state index contributed by atoms with van der Waals surface area (Å²) in [5.74, 6) is -0.330. The highest BCUT2D eigenvalue weighted by atomic mass is 35.5. The van der Waals surface area contributed by atoms with E-state index in [4.69, 9.17) is 16.3 Å². The van der Waals surface area contributed by atoms with Crippen LogP contribution in [0, 0.1) is 10.1 Å². The number of aromatic nitrogens is 2. The van der Waals surface area contributed by atoms with Gasteiger partial charge in [0.1, 0.15) is 12.2 Å². The summed E-state index contributed by atoms with van der Waals surface area (Å²) in [6, 6.07) is -0.641. The van der Waals surface area contributed by atoms with Crippen molar-refractivity contribution in [2.45, 2.75) is 57.5 Å². The summed E-state index contributed by atoms with van der Waals surface area (Å²) in [6.07, 6.45) is 6.04. The third kappa shape index (κ3) is 3.92. The lowest BCUT2D eigenvalue weighted by molar-refractivity contribution is -0.384. The van der Waals surface area contributed by atoms with Crippen LogP contribution in [0.15, 0.2) is 6.20 Å². The molecule has 132 valence electrons. The van der Waals surface area contributed by atoms with E-state index in [1.807, 2.05) is 6.92 Å². The maximum Gasteiger partial charge on any atom is 0.329 e. The smallest absolute Gasteiger partial charge is 0.329 e. The van der Waals surface area contributed by atoms with Crippen LogP contribution in [0.3, 0.4) is 0 Å². The number of anilines is 1. The van der Waals surface area contributed by atoms with Crippen molar-refractivity contribution in [2.75, 3.05) is 12.0 Å². The molecule has 0 spiro atoms. The Labute approximate surface area is 145 Å². The van der Waals surface area contributed by atoms with E-state index >= 15 is 0 Å². The topological polar surface area (TPSA) is 98.5 Å². The second kappa shape index (κ2) is 8.23. The lowest BCUT2D eigenvalue weighted by atomic mass is 10.1. The number of hydrogen-bond donors (Lipinski definition) is 0. The molecule has 0 N–H and O–H groups in total. The Bertz CT molecular complexity index is 607. The van der Waals surface area contributed by atoms with Crippen molar-refractivity contribution in [1.29, 1.82) is 0 Å². The molecule has 1 aliphatic carbocycles. The lowest BCUT2D eigenvalue weighted by Gasteiger charge is -2.35. The van der Waals surface area contributed by atoms with Crippen LogP contribution in [0.4, 0.5) is 11.5 Å². The van der Waals surface area contributed by atoms with Gasteiger partial charge in [0.25, 0.3) is 0 Å². The molecule has 2 rings (SSSR count). The molecule has 8 nitrogen and oxygen atoms in total. The lowest BCUT2D eigenvalue weighted by Crippen LogP contribution is -2.48. The molecule has 0 radical (unpaired) electrons. The van der Waals surface area contributed by atoms with E-state index in [9.17, 15) is 14.9 Å². The van der Waals surface area contributed by atoms with E-state index in [1.165, 1.54) is 7.11 Å². The van der Waals surface area contributed by atoms with Gasteiger partial charge in [-0.25, -0.2) is 9.78 Å². The molecule has 1 aliphatic rings. The summed E-state index contributed by atoms with van der Waals surface area (Å²) in [5.41, 5.74) is -0.253. The average Bonchev–Trinajstić information content (AvgIpc) is 3.07. The Balaban J connectivity index is 2.55. The summed E-state index contributed by atoms with van der Waals surface area (Å²) in [4.78, 5) is 32.7. The van der Waals surface area contributed by atoms with Crippen molar-refractivity contribution in [3.8, 4) is 0 Å². The molecule has 1 aromatic heterocycles. The minimum atomic E-state index is -0.632. The van der Waals surface area contributed by atoms with Crippen LogP contribution in [0.25, 0.3) is 0 Å². The second-order valence-electron chi connectivity index (χ2n) is 5.78. The fraction of sp³-hybridized carbons (Fsp3) is 0.667. The van der Waals surface area contributed by atoms with E-state index < -0.39 is 16.9 Å². The van der Waals surface area contributed by atoms with Crippen LogP contribution in [0.2, 0.25) is 5.28 Å². The first-order chi connectivity index (χ1) is 11.5. The number of nitrogens with zero attached hydrogens (tertiary/aromatic N) is 4. The van der Waals surface area contributed by atoms with Crippen LogP contribution in [0.5, 0.6) is 0 Å². The number of methoxy groups -OCH3 is 1. The van der Waals surface area contributed by atoms with Gasteiger partial charge in [0, 0.05) is 6.04 Å². The monoisotopic (exact) mass is 356 g/mol. The predicted molar refractivity (Wildman–Crippen MR) is 89.1 cm³/mol. The van der Waals surface area contributed by atoms with Gasteiger partial charge < -0.3 is 9.64 Å². The van der Waals surface area contributed by atoms with E-state index in [0.29, 0.717) is 6.42 Å². The molecular formula is C15H21ClN4O4. The molecule has 1 fully saturated rings. The molecule has 1 atom stereocenters. The van der Waals surface area contributed by atoms with Gasteiger partial charge in [-0.1, -0.05) is 26.2 Å². The van der Waals surface area contributed by atoms with Gasteiger partial charge in [-0.2, -0.15) is 4.98 Å². The van der Waals surface area contributed by atoms with Gasteiger partial charge in [-0.05, 0) is 30.9 Å². The van der Waals surface area contributed by atoms with Crippen molar-refractivity contribution in [3.05, 3.63) is 21.6 Å². The fourth-order valence-electron chi connectivity index (χ4n) is 3.20. The Morgan fingerprint density at radius 3 is 2.75 bits per heavy atom. The fourth-order valence-corrected chi connectivity index (χ4v) is 3.33. The molecule has 1 aromatic rings. The zero-order valence-electron chi connectivity index (χ0n) is 13.8. The zero-order valence-corrected chi connectivity index (χ0v) is 14.5.